The van der Waals surface area contributed by atoms with E-state index in [0.717, 1.165) is 18.6 Å². The Hall–Kier alpha value is -0.220. The molecule has 0 aliphatic carbocycles. The van der Waals surface area contributed by atoms with Gasteiger partial charge in [-0.2, -0.15) is 11.8 Å². The molecular weight excluding hydrogens is 212 g/mol. The van der Waals surface area contributed by atoms with Crippen molar-refractivity contribution in [2.45, 2.75) is 45.3 Å². The average Bonchev–Trinajstić information content (AvgIpc) is 2.45. The molecule has 0 amide bonds. The molecule has 2 unspecified atom stereocenters. The summed E-state index contributed by atoms with van der Waals surface area (Å²) in [4.78, 5) is 10.6. The van der Waals surface area contributed by atoms with E-state index in [2.05, 4.69) is 13.8 Å². The molecule has 0 aromatic carbocycles. The highest BCUT2D eigenvalue weighted by Gasteiger charge is 2.31. The summed E-state index contributed by atoms with van der Waals surface area (Å²) in [6.07, 6.45) is 2.51. The van der Waals surface area contributed by atoms with Crippen LogP contribution in [0.2, 0.25) is 0 Å². The van der Waals surface area contributed by atoms with Crippen LogP contribution in [0.15, 0.2) is 0 Å². The van der Waals surface area contributed by atoms with Crippen LogP contribution in [0, 0.1) is 5.92 Å². The van der Waals surface area contributed by atoms with Gasteiger partial charge < -0.3 is 9.84 Å². The van der Waals surface area contributed by atoms with Crippen LogP contribution in [-0.4, -0.2) is 34.3 Å². The van der Waals surface area contributed by atoms with Gasteiger partial charge in [0.25, 0.3) is 0 Å². The second-order valence-electron chi connectivity index (χ2n) is 4.81. The fourth-order valence-electron chi connectivity index (χ4n) is 1.64. The van der Waals surface area contributed by atoms with Crippen molar-refractivity contribution < 1.29 is 14.6 Å². The normalized spacial score (nSPS) is 26.5. The van der Waals surface area contributed by atoms with E-state index in [1.54, 1.807) is 18.7 Å². The molecule has 1 saturated heterocycles. The zero-order chi connectivity index (χ0) is 11.5. The van der Waals surface area contributed by atoms with Gasteiger partial charge in [-0.05, 0) is 26.7 Å². The summed E-state index contributed by atoms with van der Waals surface area (Å²) in [6.45, 7) is 5.96. The van der Waals surface area contributed by atoms with Crippen LogP contribution in [0.5, 0.6) is 0 Å². The molecule has 1 heterocycles. The maximum absolute atomic E-state index is 10.6. The van der Waals surface area contributed by atoms with Crippen molar-refractivity contribution in [1.82, 2.24) is 0 Å². The third kappa shape index (κ3) is 4.43. The Morgan fingerprint density at radius 2 is 2.33 bits per heavy atom. The standard InChI is InChI=1S/C11H20O3S/c1-8(10(12)13)6-15-7-9-4-5-11(2,3)14-9/h8-9H,4-7H2,1-3H3,(H,12,13). The smallest absolute Gasteiger partial charge is 0.307 e. The first-order chi connectivity index (χ1) is 6.91. The van der Waals surface area contributed by atoms with E-state index >= 15 is 0 Å². The van der Waals surface area contributed by atoms with Crippen LogP contribution in [0.25, 0.3) is 0 Å². The Morgan fingerprint density at radius 3 is 2.80 bits per heavy atom. The molecule has 1 aliphatic heterocycles. The lowest BCUT2D eigenvalue weighted by Crippen LogP contribution is -2.21. The molecule has 1 N–H and O–H groups in total. The molecule has 1 aliphatic rings. The summed E-state index contributed by atoms with van der Waals surface area (Å²) in [7, 11) is 0. The van der Waals surface area contributed by atoms with Gasteiger partial charge in [-0.3, -0.25) is 4.79 Å². The number of carbonyl (C=O) groups is 1. The van der Waals surface area contributed by atoms with E-state index in [9.17, 15) is 4.79 Å². The van der Waals surface area contributed by atoms with Gasteiger partial charge in [-0.1, -0.05) is 6.92 Å². The first kappa shape index (κ1) is 12.8. The summed E-state index contributed by atoms with van der Waals surface area (Å²) in [5.41, 5.74) is 0.0175. The number of carboxylic acid groups (broad SMARTS) is 1. The summed E-state index contributed by atoms with van der Waals surface area (Å²) in [6, 6.07) is 0. The zero-order valence-electron chi connectivity index (χ0n) is 9.66. The van der Waals surface area contributed by atoms with Gasteiger partial charge in [0, 0.05) is 11.5 Å². The molecule has 1 rings (SSSR count). The molecule has 0 spiro atoms. The monoisotopic (exact) mass is 232 g/mol. The number of ether oxygens (including phenoxy) is 1. The Kier molecular flexibility index (Phi) is 4.46. The third-order valence-corrected chi connectivity index (χ3v) is 3.99. The lowest BCUT2D eigenvalue weighted by atomic mass is 10.1. The number of carboxylic acids is 1. The molecule has 3 nitrogen and oxygen atoms in total. The summed E-state index contributed by atoms with van der Waals surface area (Å²) in [5, 5.41) is 8.71. The van der Waals surface area contributed by atoms with Gasteiger partial charge in [0.15, 0.2) is 0 Å². The van der Waals surface area contributed by atoms with Crippen LogP contribution >= 0.6 is 11.8 Å². The van der Waals surface area contributed by atoms with Gasteiger partial charge in [-0.15, -0.1) is 0 Å². The predicted molar refractivity (Wildman–Crippen MR) is 62.3 cm³/mol. The second-order valence-corrected chi connectivity index (χ2v) is 5.89. The molecule has 1 fully saturated rings. The minimum absolute atomic E-state index is 0.0175. The van der Waals surface area contributed by atoms with Crippen LogP contribution in [0.1, 0.15) is 33.6 Å². The van der Waals surface area contributed by atoms with Gasteiger partial charge in [-0.25, -0.2) is 0 Å². The molecular formula is C11H20O3S. The van der Waals surface area contributed by atoms with Crippen LogP contribution in [0.3, 0.4) is 0 Å². The number of thioether (sulfide) groups is 1. The van der Waals surface area contributed by atoms with Crippen molar-refractivity contribution in [2.75, 3.05) is 11.5 Å². The minimum Gasteiger partial charge on any atom is -0.481 e. The lowest BCUT2D eigenvalue weighted by molar-refractivity contribution is -0.140. The van der Waals surface area contributed by atoms with Crippen LogP contribution in [0.4, 0.5) is 0 Å². The van der Waals surface area contributed by atoms with Gasteiger partial charge in [0.05, 0.1) is 17.6 Å². The van der Waals surface area contributed by atoms with Gasteiger partial charge >= 0.3 is 5.97 Å². The molecule has 0 bridgehead atoms. The number of aliphatic carboxylic acids is 1. The minimum atomic E-state index is -0.713. The number of hydrogen-bond acceptors (Lipinski definition) is 3. The van der Waals surface area contributed by atoms with Gasteiger partial charge in [0.2, 0.25) is 0 Å². The number of hydrogen-bond donors (Lipinski definition) is 1. The van der Waals surface area contributed by atoms with Crippen molar-refractivity contribution in [2.24, 2.45) is 5.92 Å². The maximum atomic E-state index is 10.6. The highest BCUT2D eigenvalue weighted by atomic mass is 32.2. The first-order valence-electron chi connectivity index (χ1n) is 5.39. The molecule has 88 valence electrons. The van der Waals surface area contributed by atoms with Gasteiger partial charge in [0.1, 0.15) is 0 Å². The number of rotatable bonds is 5. The van der Waals surface area contributed by atoms with E-state index in [1.807, 2.05) is 0 Å². The fourth-order valence-corrected chi connectivity index (χ4v) is 2.77. The zero-order valence-corrected chi connectivity index (χ0v) is 10.5. The maximum Gasteiger partial charge on any atom is 0.307 e. The topological polar surface area (TPSA) is 46.5 Å². The van der Waals surface area contributed by atoms with Crippen LogP contribution < -0.4 is 0 Å². The quantitative estimate of drug-likeness (QED) is 0.790. The summed E-state index contributed by atoms with van der Waals surface area (Å²) < 4.78 is 5.82. The Morgan fingerprint density at radius 1 is 1.67 bits per heavy atom. The van der Waals surface area contributed by atoms with E-state index in [0.29, 0.717) is 11.9 Å². The van der Waals surface area contributed by atoms with E-state index in [-0.39, 0.29) is 11.5 Å². The Balaban J connectivity index is 2.14. The Labute approximate surface area is 95.6 Å². The lowest BCUT2D eigenvalue weighted by Gasteiger charge is -2.19. The SMILES string of the molecule is CC(CSCC1CCC(C)(C)O1)C(=O)O. The summed E-state index contributed by atoms with van der Waals surface area (Å²) in [5.74, 6) is 0.621. The van der Waals surface area contributed by atoms with Crippen molar-refractivity contribution in [3.8, 4) is 0 Å². The summed E-state index contributed by atoms with van der Waals surface area (Å²) >= 11 is 1.68. The molecule has 0 aromatic heterocycles. The largest absolute Gasteiger partial charge is 0.481 e. The molecule has 0 aromatic rings. The highest BCUT2D eigenvalue weighted by molar-refractivity contribution is 7.99. The highest BCUT2D eigenvalue weighted by Crippen LogP contribution is 2.31. The van der Waals surface area contributed by atoms with Crippen molar-refractivity contribution in [1.29, 1.82) is 0 Å². The molecule has 4 heteroatoms. The van der Waals surface area contributed by atoms with E-state index < -0.39 is 5.97 Å². The average molecular weight is 232 g/mol. The molecule has 15 heavy (non-hydrogen) atoms. The Bertz CT molecular complexity index is 228. The van der Waals surface area contributed by atoms with Crippen LogP contribution in [-0.2, 0) is 9.53 Å². The first-order valence-corrected chi connectivity index (χ1v) is 6.54. The second kappa shape index (κ2) is 5.21. The molecule has 2 atom stereocenters. The van der Waals surface area contributed by atoms with E-state index in [1.165, 1.54) is 0 Å². The molecule has 0 saturated carbocycles. The molecule has 0 radical (unpaired) electrons. The predicted octanol–water partition coefficient (Wildman–Crippen LogP) is 2.40. The van der Waals surface area contributed by atoms with Crippen molar-refractivity contribution in [3.63, 3.8) is 0 Å². The van der Waals surface area contributed by atoms with E-state index in [4.69, 9.17) is 9.84 Å². The van der Waals surface area contributed by atoms with Crippen molar-refractivity contribution >= 4 is 17.7 Å². The third-order valence-electron chi connectivity index (χ3n) is 2.65. The van der Waals surface area contributed by atoms with Crippen molar-refractivity contribution in [3.05, 3.63) is 0 Å². The fraction of sp³-hybridized carbons (Fsp3) is 0.909.